The second kappa shape index (κ2) is 5.65. The summed E-state index contributed by atoms with van der Waals surface area (Å²) in [6, 6.07) is 3.41. The maximum absolute atomic E-state index is 11.8. The molecule has 2 heterocycles. The van der Waals surface area contributed by atoms with Gasteiger partial charge in [-0.25, -0.2) is 4.98 Å². The largest absolute Gasteiger partial charge is 0.345 e. The van der Waals surface area contributed by atoms with Crippen LogP contribution in [0, 0.1) is 0 Å². The zero-order valence-electron chi connectivity index (χ0n) is 9.83. The molecule has 2 rings (SSSR count). The van der Waals surface area contributed by atoms with Gasteiger partial charge in [-0.2, -0.15) is 10.2 Å². The van der Waals surface area contributed by atoms with Crippen LogP contribution in [0.1, 0.15) is 34.2 Å². The third-order valence-electron chi connectivity index (χ3n) is 2.20. The molecule has 0 spiro atoms. The van der Waals surface area contributed by atoms with Crippen LogP contribution in [0.25, 0.3) is 0 Å². The quantitative estimate of drug-likeness (QED) is 0.854. The van der Waals surface area contributed by atoms with Gasteiger partial charge in [0.15, 0.2) is 0 Å². The summed E-state index contributed by atoms with van der Waals surface area (Å²) in [5.41, 5.74) is 6.78. The Hall–Kier alpha value is -1.86. The number of amides is 1. The van der Waals surface area contributed by atoms with Crippen molar-refractivity contribution in [3.8, 4) is 0 Å². The van der Waals surface area contributed by atoms with Crippen LogP contribution < -0.4 is 11.1 Å². The number of carbonyl (C=O) groups excluding carboxylic acids is 1. The molecule has 94 valence electrons. The van der Waals surface area contributed by atoms with E-state index in [1.165, 1.54) is 11.3 Å². The second-order valence-corrected chi connectivity index (χ2v) is 4.65. The fraction of sp³-hybridized carbons (Fsp3) is 0.273. The highest BCUT2D eigenvalue weighted by molar-refractivity contribution is 7.09. The van der Waals surface area contributed by atoms with Crippen molar-refractivity contribution in [2.75, 3.05) is 0 Å². The van der Waals surface area contributed by atoms with Crippen LogP contribution in [0.2, 0.25) is 0 Å². The number of nitrogens with zero attached hydrogens (tertiary/aromatic N) is 3. The van der Waals surface area contributed by atoms with Crippen LogP contribution in [0.15, 0.2) is 23.7 Å². The molecule has 0 aliphatic heterocycles. The molecule has 0 radical (unpaired) electrons. The number of hydrogen-bond donors (Lipinski definition) is 2. The molecule has 1 amide bonds. The van der Waals surface area contributed by atoms with Crippen molar-refractivity contribution in [2.24, 2.45) is 5.73 Å². The van der Waals surface area contributed by atoms with Gasteiger partial charge in [-0.3, -0.25) is 4.79 Å². The number of hydrogen-bond acceptors (Lipinski definition) is 6. The Morgan fingerprint density at radius 1 is 1.61 bits per heavy atom. The second-order valence-electron chi connectivity index (χ2n) is 3.76. The highest BCUT2D eigenvalue weighted by atomic mass is 32.1. The molecule has 2 aromatic rings. The van der Waals surface area contributed by atoms with Crippen molar-refractivity contribution in [1.29, 1.82) is 0 Å². The van der Waals surface area contributed by atoms with Crippen molar-refractivity contribution < 1.29 is 4.79 Å². The summed E-state index contributed by atoms with van der Waals surface area (Å²) in [6.07, 6.45) is 1.58. The first kappa shape index (κ1) is 12.6. The summed E-state index contributed by atoms with van der Waals surface area (Å²) in [6.45, 7) is 2.16. The number of nitrogens with two attached hydrogens (primary N) is 1. The van der Waals surface area contributed by atoms with Gasteiger partial charge in [0.25, 0.3) is 5.91 Å². The Labute approximate surface area is 108 Å². The third kappa shape index (κ3) is 3.08. The topological polar surface area (TPSA) is 93.8 Å². The Kier molecular flexibility index (Phi) is 3.96. The van der Waals surface area contributed by atoms with Gasteiger partial charge < -0.3 is 11.1 Å². The van der Waals surface area contributed by atoms with E-state index < -0.39 is 0 Å². The number of carbonyl (C=O) groups is 1. The maximum atomic E-state index is 11.8. The molecular weight excluding hydrogens is 250 g/mol. The van der Waals surface area contributed by atoms with E-state index in [1.807, 2.05) is 6.92 Å². The van der Waals surface area contributed by atoms with Gasteiger partial charge in [-0.15, -0.1) is 11.3 Å². The van der Waals surface area contributed by atoms with Crippen LogP contribution in [0.5, 0.6) is 0 Å². The summed E-state index contributed by atoms with van der Waals surface area (Å²) in [7, 11) is 0. The van der Waals surface area contributed by atoms with Crippen LogP contribution >= 0.6 is 11.3 Å². The molecular formula is C11H13N5OS. The molecule has 0 aliphatic rings. The van der Waals surface area contributed by atoms with Crippen molar-refractivity contribution in [2.45, 2.75) is 19.5 Å². The van der Waals surface area contributed by atoms with Gasteiger partial charge in [-0.1, -0.05) is 0 Å². The van der Waals surface area contributed by atoms with E-state index in [9.17, 15) is 4.79 Å². The first-order chi connectivity index (χ1) is 8.66. The minimum Gasteiger partial charge on any atom is -0.345 e. The lowest BCUT2D eigenvalue weighted by atomic mass is 10.3. The minimum absolute atomic E-state index is 0.156. The number of thiazole rings is 1. The molecule has 0 aliphatic carbocycles. The van der Waals surface area contributed by atoms with Gasteiger partial charge in [0.05, 0.1) is 18.3 Å². The highest BCUT2D eigenvalue weighted by Gasteiger charge is 2.12. The van der Waals surface area contributed by atoms with Crippen LogP contribution in [0.4, 0.5) is 0 Å². The van der Waals surface area contributed by atoms with Crippen LogP contribution in [-0.2, 0) is 6.54 Å². The Morgan fingerprint density at radius 3 is 3.06 bits per heavy atom. The first-order valence-electron chi connectivity index (χ1n) is 5.42. The molecule has 2 aromatic heterocycles. The van der Waals surface area contributed by atoms with Crippen molar-refractivity contribution in [1.82, 2.24) is 20.5 Å². The molecule has 6 nitrogen and oxygen atoms in total. The van der Waals surface area contributed by atoms with Crippen LogP contribution in [0.3, 0.4) is 0 Å². The van der Waals surface area contributed by atoms with Crippen molar-refractivity contribution in [3.63, 3.8) is 0 Å². The maximum Gasteiger partial charge on any atom is 0.271 e. The molecule has 0 bridgehead atoms. The molecule has 0 saturated heterocycles. The molecule has 1 atom stereocenters. The highest BCUT2D eigenvalue weighted by Crippen LogP contribution is 2.15. The Morgan fingerprint density at radius 2 is 2.44 bits per heavy atom. The Bertz CT molecular complexity index is 525. The monoisotopic (exact) mass is 263 g/mol. The van der Waals surface area contributed by atoms with Crippen molar-refractivity contribution >= 4 is 17.2 Å². The van der Waals surface area contributed by atoms with Crippen LogP contribution in [-0.4, -0.2) is 21.1 Å². The molecule has 3 N–H and O–H groups in total. The molecule has 7 heteroatoms. The first-order valence-corrected chi connectivity index (χ1v) is 6.30. The van der Waals surface area contributed by atoms with Gasteiger partial charge in [-0.05, 0) is 19.1 Å². The zero-order valence-corrected chi connectivity index (χ0v) is 10.6. The van der Waals surface area contributed by atoms with Gasteiger partial charge >= 0.3 is 0 Å². The average molecular weight is 263 g/mol. The van der Waals surface area contributed by atoms with E-state index in [1.54, 1.807) is 23.7 Å². The SMILES string of the molecule is CC(N)c1nc(C(=O)NCc2cccnn2)cs1. The number of nitrogens with one attached hydrogen (secondary N) is 1. The smallest absolute Gasteiger partial charge is 0.271 e. The van der Waals surface area contributed by atoms with Gasteiger partial charge in [0.2, 0.25) is 0 Å². The number of aromatic nitrogens is 3. The van der Waals surface area contributed by atoms with Gasteiger partial charge in [0, 0.05) is 11.6 Å². The van der Waals surface area contributed by atoms with E-state index in [-0.39, 0.29) is 11.9 Å². The zero-order chi connectivity index (χ0) is 13.0. The summed E-state index contributed by atoms with van der Waals surface area (Å²) in [5.74, 6) is -0.233. The standard InChI is InChI=1S/C11H13N5OS/c1-7(12)11-15-9(6-18-11)10(17)13-5-8-3-2-4-14-16-8/h2-4,6-7H,5,12H2,1H3,(H,13,17). The Balaban J connectivity index is 1.95. The lowest BCUT2D eigenvalue weighted by molar-refractivity contribution is 0.0946. The normalized spacial score (nSPS) is 12.1. The van der Waals surface area contributed by atoms with E-state index in [0.717, 1.165) is 5.01 Å². The lowest BCUT2D eigenvalue weighted by Gasteiger charge is -2.01. The predicted octanol–water partition coefficient (Wildman–Crippen LogP) is 0.883. The molecule has 0 saturated carbocycles. The van der Waals surface area contributed by atoms with Gasteiger partial charge in [0.1, 0.15) is 10.7 Å². The number of rotatable bonds is 4. The summed E-state index contributed by atoms with van der Waals surface area (Å²) >= 11 is 1.38. The van der Waals surface area contributed by atoms with Crippen molar-refractivity contribution in [3.05, 3.63) is 40.1 Å². The average Bonchev–Trinajstić information content (AvgIpc) is 2.87. The molecule has 18 heavy (non-hydrogen) atoms. The summed E-state index contributed by atoms with van der Waals surface area (Å²) < 4.78 is 0. The minimum atomic E-state index is -0.233. The molecule has 0 fully saturated rings. The van der Waals surface area contributed by atoms with E-state index >= 15 is 0 Å². The van der Waals surface area contributed by atoms with E-state index in [2.05, 4.69) is 20.5 Å². The predicted molar refractivity (Wildman–Crippen MR) is 67.9 cm³/mol. The fourth-order valence-electron chi connectivity index (χ4n) is 1.29. The fourth-order valence-corrected chi connectivity index (χ4v) is 2.05. The van der Waals surface area contributed by atoms with E-state index in [4.69, 9.17) is 5.73 Å². The molecule has 1 unspecified atom stereocenters. The molecule has 0 aromatic carbocycles. The summed E-state index contributed by atoms with van der Waals surface area (Å²) in [4.78, 5) is 16.0. The van der Waals surface area contributed by atoms with E-state index in [0.29, 0.717) is 17.9 Å². The summed E-state index contributed by atoms with van der Waals surface area (Å²) in [5, 5.41) is 12.8. The third-order valence-corrected chi connectivity index (χ3v) is 3.25. The lowest BCUT2D eigenvalue weighted by Crippen LogP contribution is -2.24.